The highest BCUT2D eigenvalue weighted by Gasteiger charge is 2.45. The van der Waals surface area contributed by atoms with Crippen LogP contribution < -0.4 is 0 Å². The third-order valence-corrected chi connectivity index (χ3v) is 4.27. The van der Waals surface area contributed by atoms with Gasteiger partial charge in [-0.3, -0.25) is 14.5 Å². The second kappa shape index (κ2) is 5.15. The SMILES string of the molecule is CC1=C(C)C(=O)N(C(C(=O)O)C2CCCCC2)C1=O. The zero-order chi connectivity index (χ0) is 14.2. The molecular weight excluding hydrogens is 246 g/mol. The molecule has 0 bridgehead atoms. The van der Waals surface area contributed by atoms with E-state index in [0.29, 0.717) is 11.1 Å². The number of nitrogens with zero attached hydrogens (tertiary/aromatic N) is 1. The molecule has 1 aliphatic heterocycles. The standard InChI is InChI=1S/C14H19NO4/c1-8-9(2)13(17)15(12(8)16)11(14(18)19)10-6-4-3-5-7-10/h10-11H,3-7H2,1-2H3,(H,18,19). The van der Waals surface area contributed by atoms with Crippen molar-refractivity contribution in [2.24, 2.45) is 5.92 Å². The summed E-state index contributed by atoms with van der Waals surface area (Å²) in [6.07, 6.45) is 4.57. The first-order valence-electron chi connectivity index (χ1n) is 6.73. The number of hydrogen-bond acceptors (Lipinski definition) is 3. The smallest absolute Gasteiger partial charge is 0.327 e. The van der Waals surface area contributed by atoms with Crippen molar-refractivity contribution in [3.8, 4) is 0 Å². The Labute approximate surface area is 112 Å². The predicted octanol–water partition coefficient (Wildman–Crippen LogP) is 1.73. The molecular formula is C14H19NO4. The normalized spacial score (nSPS) is 23.2. The van der Waals surface area contributed by atoms with E-state index in [9.17, 15) is 19.5 Å². The average molecular weight is 265 g/mol. The molecule has 104 valence electrons. The van der Waals surface area contributed by atoms with E-state index < -0.39 is 23.8 Å². The minimum atomic E-state index is -1.07. The van der Waals surface area contributed by atoms with Crippen LogP contribution in [0.25, 0.3) is 0 Å². The molecule has 0 aromatic carbocycles. The second-order valence-corrected chi connectivity index (χ2v) is 5.41. The topological polar surface area (TPSA) is 74.7 Å². The van der Waals surface area contributed by atoms with E-state index in [4.69, 9.17) is 0 Å². The van der Waals surface area contributed by atoms with Gasteiger partial charge in [-0.15, -0.1) is 0 Å². The van der Waals surface area contributed by atoms with Gasteiger partial charge in [0, 0.05) is 11.1 Å². The number of aliphatic carboxylic acids is 1. The van der Waals surface area contributed by atoms with E-state index >= 15 is 0 Å². The van der Waals surface area contributed by atoms with Crippen LogP contribution in [0.4, 0.5) is 0 Å². The highest BCUT2D eigenvalue weighted by molar-refractivity contribution is 6.20. The molecule has 2 aliphatic rings. The Morgan fingerprint density at radius 2 is 1.58 bits per heavy atom. The van der Waals surface area contributed by atoms with Gasteiger partial charge in [-0.1, -0.05) is 19.3 Å². The number of rotatable bonds is 3. The Kier molecular flexibility index (Phi) is 3.73. The van der Waals surface area contributed by atoms with Gasteiger partial charge in [0.2, 0.25) is 0 Å². The van der Waals surface area contributed by atoms with Crippen LogP contribution in [0.2, 0.25) is 0 Å². The van der Waals surface area contributed by atoms with E-state index in [-0.39, 0.29) is 5.92 Å². The molecule has 1 heterocycles. The molecule has 1 aliphatic carbocycles. The predicted molar refractivity (Wildman–Crippen MR) is 68.2 cm³/mol. The van der Waals surface area contributed by atoms with E-state index in [1.165, 1.54) is 0 Å². The fraction of sp³-hybridized carbons (Fsp3) is 0.643. The summed E-state index contributed by atoms with van der Waals surface area (Å²) in [5, 5.41) is 9.43. The van der Waals surface area contributed by atoms with E-state index in [1.54, 1.807) is 13.8 Å². The van der Waals surface area contributed by atoms with Crippen LogP contribution in [0.1, 0.15) is 46.0 Å². The lowest BCUT2D eigenvalue weighted by atomic mass is 9.83. The lowest BCUT2D eigenvalue weighted by molar-refractivity contribution is -0.156. The maximum atomic E-state index is 12.1. The number of amides is 2. The van der Waals surface area contributed by atoms with Crippen molar-refractivity contribution < 1.29 is 19.5 Å². The summed E-state index contributed by atoms with van der Waals surface area (Å²) in [4.78, 5) is 36.7. The van der Waals surface area contributed by atoms with Gasteiger partial charge < -0.3 is 5.11 Å². The molecule has 0 spiro atoms. The van der Waals surface area contributed by atoms with Crippen molar-refractivity contribution in [2.45, 2.75) is 52.0 Å². The van der Waals surface area contributed by atoms with Gasteiger partial charge in [-0.25, -0.2) is 4.79 Å². The Morgan fingerprint density at radius 3 is 2.00 bits per heavy atom. The van der Waals surface area contributed by atoms with Crippen molar-refractivity contribution >= 4 is 17.8 Å². The van der Waals surface area contributed by atoms with Gasteiger partial charge in [0.1, 0.15) is 6.04 Å². The Morgan fingerprint density at radius 1 is 1.11 bits per heavy atom. The molecule has 19 heavy (non-hydrogen) atoms. The third kappa shape index (κ3) is 2.29. The van der Waals surface area contributed by atoms with Gasteiger partial charge in [-0.2, -0.15) is 0 Å². The van der Waals surface area contributed by atoms with Gasteiger partial charge >= 0.3 is 5.97 Å². The largest absolute Gasteiger partial charge is 0.480 e. The number of carboxylic acids is 1. The summed E-state index contributed by atoms with van der Waals surface area (Å²) in [5.41, 5.74) is 0.735. The molecule has 1 fully saturated rings. The van der Waals surface area contributed by atoms with Crippen LogP contribution in [-0.4, -0.2) is 33.8 Å². The molecule has 1 N–H and O–H groups in total. The van der Waals surface area contributed by atoms with Crippen molar-refractivity contribution in [1.82, 2.24) is 4.90 Å². The summed E-state index contributed by atoms with van der Waals surface area (Å²) in [6.45, 7) is 3.16. The third-order valence-electron chi connectivity index (χ3n) is 4.27. The first-order valence-corrected chi connectivity index (χ1v) is 6.73. The van der Waals surface area contributed by atoms with Gasteiger partial charge in [0.25, 0.3) is 11.8 Å². The van der Waals surface area contributed by atoms with Crippen molar-refractivity contribution in [3.63, 3.8) is 0 Å². The monoisotopic (exact) mass is 265 g/mol. The van der Waals surface area contributed by atoms with Crippen LogP contribution in [-0.2, 0) is 14.4 Å². The summed E-state index contributed by atoms with van der Waals surface area (Å²) < 4.78 is 0. The highest BCUT2D eigenvalue weighted by atomic mass is 16.4. The van der Waals surface area contributed by atoms with Gasteiger partial charge in [-0.05, 0) is 32.6 Å². The lowest BCUT2D eigenvalue weighted by Gasteiger charge is -2.32. The van der Waals surface area contributed by atoms with E-state index in [0.717, 1.165) is 37.0 Å². The molecule has 2 amide bonds. The number of hydrogen-bond donors (Lipinski definition) is 1. The number of imide groups is 1. The number of carboxylic acid groups (broad SMARTS) is 1. The van der Waals surface area contributed by atoms with E-state index in [2.05, 4.69) is 0 Å². The van der Waals surface area contributed by atoms with Crippen molar-refractivity contribution in [3.05, 3.63) is 11.1 Å². The maximum Gasteiger partial charge on any atom is 0.327 e. The molecule has 1 unspecified atom stereocenters. The Bertz CT molecular complexity index is 436. The van der Waals surface area contributed by atoms with Gasteiger partial charge in [0.05, 0.1) is 0 Å². The molecule has 0 aromatic rings. The van der Waals surface area contributed by atoms with Crippen LogP contribution in [0.3, 0.4) is 0 Å². The maximum absolute atomic E-state index is 12.1. The fourth-order valence-corrected chi connectivity index (χ4v) is 3.00. The molecule has 0 aromatic heterocycles. The second-order valence-electron chi connectivity index (χ2n) is 5.41. The van der Waals surface area contributed by atoms with Crippen LogP contribution in [0.5, 0.6) is 0 Å². The molecule has 1 atom stereocenters. The molecule has 1 saturated carbocycles. The van der Waals surface area contributed by atoms with Gasteiger partial charge in [0.15, 0.2) is 0 Å². The summed E-state index contributed by atoms with van der Waals surface area (Å²) >= 11 is 0. The summed E-state index contributed by atoms with van der Waals surface area (Å²) in [7, 11) is 0. The minimum absolute atomic E-state index is 0.113. The van der Waals surface area contributed by atoms with E-state index in [1.807, 2.05) is 0 Å². The molecule has 0 saturated heterocycles. The summed E-state index contributed by atoms with van der Waals surface area (Å²) in [6, 6.07) is -1.01. The first-order chi connectivity index (χ1) is 8.95. The quantitative estimate of drug-likeness (QED) is 0.788. The Balaban J connectivity index is 2.28. The first kappa shape index (κ1) is 13.8. The minimum Gasteiger partial charge on any atom is -0.480 e. The summed E-state index contributed by atoms with van der Waals surface area (Å²) in [5.74, 6) is -2.07. The zero-order valence-corrected chi connectivity index (χ0v) is 11.3. The number of carbonyl (C=O) groups excluding carboxylic acids is 2. The molecule has 5 nitrogen and oxygen atoms in total. The average Bonchev–Trinajstić information content (AvgIpc) is 2.58. The zero-order valence-electron chi connectivity index (χ0n) is 11.3. The van der Waals surface area contributed by atoms with Crippen LogP contribution >= 0.6 is 0 Å². The molecule has 5 heteroatoms. The van der Waals surface area contributed by atoms with Crippen molar-refractivity contribution in [2.75, 3.05) is 0 Å². The fourth-order valence-electron chi connectivity index (χ4n) is 3.00. The molecule has 0 radical (unpaired) electrons. The lowest BCUT2D eigenvalue weighted by Crippen LogP contribution is -2.50. The van der Waals surface area contributed by atoms with Crippen LogP contribution in [0, 0.1) is 5.92 Å². The number of carbonyl (C=O) groups is 3. The molecule has 2 rings (SSSR count). The Hall–Kier alpha value is -1.65. The highest BCUT2D eigenvalue weighted by Crippen LogP contribution is 2.33. The van der Waals surface area contributed by atoms with Crippen molar-refractivity contribution in [1.29, 1.82) is 0 Å². The van der Waals surface area contributed by atoms with Crippen LogP contribution in [0.15, 0.2) is 11.1 Å².